The third-order valence-electron chi connectivity index (χ3n) is 2.96. The Morgan fingerprint density at radius 1 is 0.917 bits per heavy atom. The summed E-state index contributed by atoms with van der Waals surface area (Å²) in [5.41, 5.74) is 3.88. The molecule has 0 fully saturated rings. The van der Waals surface area contributed by atoms with E-state index in [4.69, 9.17) is 5.73 Å². The maximum Gasteiger partial charge on any atom is 0.419 e. The quantitative estimate of drug-likeness (QED) is 0.746. The van der Waals surface area contributed by atoms with E-state index in [-0.39, 0.29) is 16.9 Å². The number of nitrogens with one attached hydrogen (secondary N) is 2. The van der Waals surface area contributed by atoms with Crippen LogP contribution in [0.4, 0.5) is 33.7 Å². The van der Waals surface area contributed by atoms with Crippen LogP contribution in [0, 0.1) is 5.82 Å². The number of urea groups is 1. The van der Waals surface area contributed by atoms with E-state index < -0.39 is 29.5 Å². The fourth-order valence-corrected chi connectivity index (χ4v) is 1.83. The van der Waals surface area contributed by atoms with Crippen LogP contribution in [0.25, 0.3) is 0 Å². The van der Waals surface area contributed by atoms with Crippen LogP contribution in [0.2, 0.25) is 0 Å². The number of amides is 3. The number of hydrogen-bond donors (Lipinski definition) is 3. The highest BCUT2D eigenvalue weighted by atomic mass is 19.4. The first kappa shape index (κ1) is 17.3. The van der Waals surface area contributed by atoms with Crippen molar-refractivity contribution in [2.24, 2.45) is 5.73 Å². The van der Waals surface area contributed by atoms with Gasteiger partial charge in [0.05, 0.1) is 5.56 Å². The number of rotatable bonds is 3. The van der Waals surface area contributed by atoms with E-state index in [1.807, 2.05) is 0 Å². The summed E-state index contributed by atoms with van der Waals surface area (Å²) in [6, 6.07) is 6.80. The third kappa shape index (κ3) is 4.22. The highest BCUT2D eigenvalue weighted by Gasteiger charge is 2.34. The molecular formula is C15H11F4N3O2. The molecule has 3 amide bonds. The van der Waals surface area contributed by atoms with Gasteiger partial charge in [-0.05, 0) is 42.5 Å². The summed E-state index contributed by atoms with van der Waals surface area (Å²) in [4.78, 5) is 22.7. The Kier molecular flexibility index (Phi) is 4.72. The minimum Gasteiger partial charge on any atom is -0.366 e. The predicted octanol–water partition coefficient (Wildman–Crippen LogP) is 3.59. The van der Waals surface area contributed by atoms with Crippen LogP contribution in [0.3, 0.4) is 0 Å². The Balaban J connectivity index is 2.08. The van der Waals surface area contributed by atoms with Gasteiger partial charge in [0.2, 0.25) is 5.91 Å². The van der Waals surface area contributed by atoms with Crippen LogP contribution in [-0.2, 0) is 6.18 Å². The van der Waals surface area contributed by atoms with Crippen molar-refractivity contribution in [3.63, 3.8) is 0 Å². The lowest BCUT2D eigenvalue weighted by atomic mass is 10.2. The summed E-state index contributed by atoms with van der Waals surface area (Å²) in [6.07, 6.45) is -4.87. The minimum absolute atomic E-state index is 0.227. The molecule has 0 aliphatic carbocycles. The fraction of sp³-hybridized carbons (Fsp3) is 0.0667. The van der Waals surface area contributed by atoms with E-state index >= 15 is 0 Å². The Morgan fingerprint density at radius 2 is 1.46 bits per heavy atom. The lowest BCUT2D eigenvalue weighted by Crippen LogP contribution is -2.20. The van der Waals surface area contributed by atoms with Crippen LogP contribution in [0.5, 0.6) is 0 Å². The summed E-state index contributed by atoms with van der Waals surface area (Å²) in [5, 5.41) is 4.51. The number of benzene rings is 2. The summed E-state index contributed by atoms with van der Waals surface area (Å²) in [7, 11) is 0. The first-order valence-corrected chi connectivity index (χ1v) is 6.51. The molecule has 4 N–H and O–H groups in total. The van der Waals surface area contributed by atoms with E-state index in [0.29, 0.717) is 12.1 Å². The van der Waals surface area contributed by atoms with Gasteiger partial charge in [0.1, 0.15) is 5.82 Å². The third-order valence-corrected chi connectivity index (χ3v) is 2.96. The largest absolute Gasteiger partial charge is 0.419 e. The normalized spacial score (nSPS) is 11.0. The molecular weight excluding hydrogens is 330 g/mol. The van der Waals surface area contributed by atoms with Gasteiger partial charge in [0, 0.05) is 16.9 Å². The van der Waals surface area contributed by atoms with Gasteiger partial charge in [0.15, 0.2) is 0 Å². The smallest absolute Gasteiger partial charge is 0.366 e. The van der Waals surface area contributed by atoms with E-state index in [1.165, 1.54) is 24.3 Å². The second kappa shape index (κ2) is 6.57. The molecule has 0 aliphatic heterocycles. The van der Waals surface area contributed by atoms with Gasteiger partial charge < -0.3 is 16.4 Å². The van der Waals surface area contributed by atoms with Crippen LogP contribution in [0.15, 0.2) is 42.5 Å². The monoisotopic (exact) mass is 341 g/mol. The Morgan fingerprint density at radius 3 is 2.00 bits per heavy atom. The molecule has 0 aliphatic rings. The van der Waals surface area contributed by atoms with Crippen LogP contribution < -0.4 is 16.4 Å². The standard InChI is InChI=1S/C15H11F4N3O2/c16-12-6-5-10(7-11(12)15(17,18)19)22-14(24)21-9-3-1-8(2-4-9)13(20)23/h1-7H,(H2,20,23)(H2,21,22,24). The van der Waals surface area contributed by atoms with E-state index in [2.05, 4.69) is 10.6 Å². The first-order valence-electron chi connectivity index (χ1n) is 6.51. The predicted molar refractivity (Wildman–Crippen MR) is 79.0 cm³/mol. The number of alkyl halides is 3. The molecule has 2 rings (SSSR count). The molecule has 0 saturated carbocycles. The van der Waals surface area contributed by atoms with Crippen molar-refractivity contribution in [1.29, 1.82) is 0 Å². The number of hydrogen-bond acceptors (Lipinski definition) is 2. The molecule has 9 heteroatoms. The molecule has 5 nitrogen and oxygen atoms in total. The van der Waals surface area contributed by atoms with Crippen molar-refractivity contribution in [2.75, 3.05) is 10.6 Å². The zero-order valence-corrected chi connectivity index (χ0v) is 11.9. The van der Waals surface area contributed by atoms with Gasteiger partial charge in [-0.1, -0.05) is 0 Å². The van der Waals surface area contributed by atoms with E-state index in [1.54, 1.807) is 0 Å². The number of anilines is 2. The minimum atomic E-state index is -4.87. The van der Waals surface area contributed by atoms with Gasteiger partial charge in [-0.15, -0.1) is 0 Å². The van der Waals surface area contributed by atoms with Crippen molar-refractivity contribution < 1.29 is 27.2 Å². The van der Waals surface area contributed by atoms with Gasteiger partial charge in [-0.25, -0.2) is 9.18 Å². The average Bonchev–Trinajstić information content (AvgIpc) is 2.48. The number of carbonyl (C=O) groups is 2. The second-order valence-corrected chi connectivity index (χ2v) is 4.71. The lowest BCUT2D eigenvalue weighted by molar-refractivity contribution is -0.139. The Bertz CT molecular complexity index is 773. The van der Waals surface area contributed by atoms with E-state index in [0.717, 1.165) is 6.07 Å². The molecule has 0 bridgehead atoms. The van der Waals surface area contributed by atoms with Crippen molar-refractivity contribution in [1.82, 2.24) is 0 Å². The maximum atomic E-state index is 13.2. The van der Waals surface area contributed by atoms with Gasteiger partial charge in [0.25, 0.3) is 0 Å². The summed E-state index contributed by atoms with van der Waals surface area (Å²) in [6.45, 7) is 0. The zero-order chi connectivity index (χ0) is 17.9. The molecule has 0 spiro atoms. The molecule has 0 radical (unpaired) electrons. The number of halogens is 4. The van der Waals surface area contributed by atoms with Crippen molar-refractivity contribution in [3.8, 4) is 0 Å². The maximum absolute atomic E-state index is 13.2. The van der Waals surface area contributed by atoms with Crippen molar-refractivity contribution >= 4 is 23.3 Å². The van der Waals surface area contributed by atoms with Crippen LogP contribution >= 0.6 is 0 Å². The fourth-order valence-electron chi connectivity index (χ4n) is 1.83. The van der Waals surface area contributed by atoms with Crippen LogP contribution in [-0.4, -0.2) is 11.9 Å². The second-order valence-electron chi connectivity index (χ2n) is 4.71. The van der Waals surface area contributed by atoms with E-state index in [9.17, 15) is 27.2 Å². The van der Waals surface area contributed by atoms with Crippen molar-refractivity contribution in [3.05, 3.63) is 59.4 Å². The number of primary amides is 1. The molecule has 2 aromatic rings. The van der Waals surface area contributed by atoms with Gasteiger partial charge in [-0.3, -0.25) is 4.79 Å². The average molecular weight is 341 g/mol. The molecule has 0 saturated heterocycles. The highest BCUT2D eigenvalue weighted by Crippen LogP contribution is 2.33. The van der Waals surface area contributed by atoms with Gasteiger partial charge >= 0.3 is 12.2 Å². The SMILES string of the molecule is NC(=O)c1ccc(NC(=O)Nc2ccc(F)c(C(F)(F)F)c2)cc1. The zero-order valence-electron chi connectivity index (χ0n) is 11.9. The molecule has 24 heavy (non-hydrogen) atoms. The Hall–Kier alpha value is -3.10. The topological polar surface area (TPSA) is 84.2 Å². The molecule has 0 atom stereocenters. The summed E-state index contributed by atoms with van der Waals surface area (Å²) < 4.78 is 51.0. The molecule has 0 heterocycles. The molecule has 0 unspecified atom stereocenters. The van der Waals surface area contributed by atoms with Crippen LogP contribution in [0.1, 0.15) is 15.9 Å². The number of nitrogens with two attached hydrogens (primary N) is 1. The lowest BCUT2D eigenvalue weighted by Gasteiger charge is -2.12. The Labute approximate surface area is 133 Å². The molecule has 2 aromatic carbocycles. The highest BCUT2D eigenvalue weighted by molar-refractivity contribution is 6.00. The number of carbonyl (C=O) groups excluding carboxylic acids is 2. The first-order chi connectivity index (χ1) is 11.2. The van der Waals surface area contributed by atoms with Gasteiger partial charge in [-0.2, -0.15) is 13.2 Å². The summed E-state index contributed by atoms with van der Waals surface area (Å²) >= 11 is 0. The molecule has 126 valence electrons. The van der Waals surface area contributed by atoms with Crippen molar-refractivity contribution in [2.45, 2.75) is 6.18 Å². The molecule has 0 aromatic heterocycles. The summed E-state index contributed by atoms with van der Waals surface area (Å²) in [5.74, 6) is -2.08.